The monoisotopic (exact) mass is 357 g/mol. The number of nitrogens with two attached hydrogens (primary N) is 1. The normalized spacial score (nSPS) is 27.0. The van der Waals surface area contributed by atoms with Gasteiger partial charge >= 0.3 is 11.9 Å². The van der Waals surface area contributed by atoms with Gasteiger partial charge in [-0.05, 0) is 6.07 Å². The van der Waals surface area contributed by atoms with Gasteiger partial charge in [0.1, 0.15) is 18.8 Å². The van der Waals surface area contributed by atoms with E-state index in [1.165, 1.54) is 4.57 Å². The fourth-order valence-electron chi connectivity index (χ4n) is 2.44. The van der Waals surface area contributed by atoms with Gasteiger partial charge in [0.2, 0.25) is 0 Å². The van der Waals surface area contributed by atoms with Crippen LogP contribution in [0.2, 0.25) is 0 Å². The lowest BCUT2D eigenvalue weighted by Gasteiger charge is -2.15. The van der Waals surface area contributed by atoms with Crippen molar-refractivity contribution < 1.29 is 44.1 Å². The first-order valence-electron chi connectivity index (χ1n) is 7.61. The molecule has 1 fully saturated rings. The molecule has 0 amide bonds. The number of pyridine rings is 1. The first-order valence-corrected chi connectivity index (χ1v) is 7.61. The van der Waals surface area contributed by atoms with Crippen LogP contribution in [-0.2, 0) is 25.6 Å². The Labute approximate surface area is 143 Å². The quantitative estimate of drug-likeness (QED) is 0.261. The molecule has 0 unspecified atom stereocenters. The van der Waals surface area contributed by atoms with Crippen LogP contribution in [0.5, 0.6) is 0 Å². The molecule has 1 aromatic rings. The van der Waals surface area contributed by atoms with Crippen molar-refractivity contribution >= 4 is 11.9 Å². The number of hydrogen-bond donors (Lipinski definition) is 5. The second-order valence-corrected chi connectivity index (χ2v) is 5.65. The Kier molecular flexibility index (Phi) is 6.39. The molecular formula is C15H21N2O8+. The molecule has 138 valence electrons. The van der Waals surface area contributed by atoms with Gasteiger partial charge in [-0.2, -0.15) is 4.57 Å². The molecule has 0 aromatic carbocycles. The van der Waals surface area contributed by atoms with Gasteiger partial charge in [0, 0.05) is 18.2 Å². The molecule has 2 heterocycles. The van der Waals surface area contributed by atoms with Crippen molar-refractivity contribution in [3.63, 3.8) is 0 Å². The van der Waals surface area contributed by atoms with Crippen molar-refractivity contribution in [1.29, 1.82) is 0 Å². The zero-order valence-corrected chi connectivity index (χ0v) is 13.3. The average molecular weight is 357 g/mol. The highest BCUT2D eigenvalue weighted by Crippen LogP contribution is 2.25. The van der Waals surface area contributed by atoms with Gasteiger partial charge in [0.05, 0.1) is 6.42 Å². The predicted molar refractivity (Wildman–Crippen MR) is 79.7 cm³/mol. The average Bonchev–Trinajstić information content (AvgIpc) is 2.87. The van der Waals surface area contributed by atoms with Crippen molar-refractivity contribution in [1.82, 2.24) is 0 Å². The smallest absolute Gasteiger partial charge is 0.335 e. The third kappa shape index (κ3) is 4.71. The molecule has 1 aliphatic heterocycles. The van der Waals surface area contributed by atoms with Gasteiger partial charge in [-0.3, -0.25) is 4.79 Å². The number of carboxylic acids is 1. The number of aliphatic hydroxyl groups is 3. The number of hydrogen-bond acceptors (Lipinski definition) is 8. The molecule has 1 aromatic heterocycles. The first kappa shape index (κ1) is 19.2. The minimum Gasteiger partial charge on any atom is -0.481 e. The number of carbonyl (C=O) groups excluding carboxylic acids is 1. The van der Waals surface area contributed by atoms with E-state index in [0.717, 1.165) is 5.56 Å². The summed E-state index contributed by atoms with van der Waals surface area (Å²) in [6.45, 7) is -0.157. The number of ether oxygens (including phenoxy) is 2. The Morgan fingerprint density at radius 1 is 1.36 bits per heavy atom. The number of aliphatic carboxylic acids is 1. The third-order valence-corrected chi connectivity index (χ3v) is 3.78. The molecule has 0 spiro atoms. The van der Waals surface area contributed by atoms with Crippen LogP contribution >= 0.6 is 0 Å². The van der Waals surface area contributed by atoms with Gasteiger partial charge in [-0.1, -0.05) is 0 Å². The van der Waals surface area contributed by atoms with E-state index in [1.54, 1.807) is 24.5 Å². The molecule has 10 heteroatoms. The number of rotatable bonds is 7. The highest BCUT2D eigenvalue weighted by atomic mass is 16.6. The molecule has 1 aliphatic rings. The van der Waals surface area contributed by atoms with Crippen LogP contribution in [0.4, 0.5) is 0 Å². The van der Waals surface area contributed by atoms with Crippen LogP contribution in [0.1, 0.15) is 18.2 Å². The van der Waals surface area contributed by atoms with Gasteiger partial charge < -0.3 is 35.6 Å². The molecular weight excluding hydrogens is 336 g/mol. The summed E-state index contributed by atoms with van der Waals surface area (Å²) < 4.78 is 11.8. The second kappa shape index (κ2) is 8.32. The van der Waals surface area contributed by atoms with Crippen LogP contribution in [0.15, 0.2) is 24.5 Å². The van der Waals surface area contributed by atoms with E-state index in [-0.39, 0.29) is 6.54 Å². The maximum atomic E-state index is 11.5. The molecule has 2 rings (SSSR count). The Balaban J connectivity index is 1.97. The number of nitrogens with zero attached hydrogens (tertiary/aromatic N) is 1. The van der Waals surface area contributed by atoms with E-state index in [2.05, 4.69) is 0 Å². The van der Waals surface area contributed by atoms with Crippen molar-refractivity contribution in [2.45, 2.75) is 43.6 Å². The van der Waals surface area contributed by atoms with E-state index in [4.69, 9.17) is 20.3 Å². The largest absolute Gasteiger partial charge is 0.481 e. The summed E-state index contributed by atoms with van der Waals surface area (Å²) >= 11 is 0. The number of aromatic nitrogens is 1. The summed E-state index contributed by atoms with van der Waals surface area (Å²) in [5, 5.41) is 38.1. The first-order chi connectivity index (χ1) is 11.8. The van der Waals surface area contributed by atoms with E-state index in [9.17, 15) is 24.9 Å². The van der Waals surface area contributed by atoms with Crippen LogP contribution in [0.25, 0.3) is 0 Å². The lowest BCUT2D eigenvalue weighted by atomic mass is 10.1. The number of esters is 1. The summed E-state index contributed by atoms with van der Waals surface area (Å²) in [6, 6.07) is 3.50. The maximum absolute atomic E-state index is 11.5. The predicted octanol–water partition coefficient (Wildman–Crippen LogP) is -2.57. The van der Waals surface area contributed by atoms with E-state index >= 15 is 0 Å². The van der Waals surface area contributed by atoms with Crippen molar-refractivity contribution in [3.8, 4) is 0 Å². The third-order valence-electron chi connectivity index (χ3n) is 3.78. The molecule has 6 N–H and O–H groups in total. The minimum absolute atomic E-state index is 0.286. The lowest BCUT2D eigenvalue weighted by molar-refractivity contribution is -0.766. The van der Waals surface area contributed by atoms with E-state index in [0.29, 0.717) is 0 Å². The molecule has 1 saturated heterocycles. The van der Waals surface area contributed by atoms with Crippen LogP contribution in [0.3, 0.4) is 0 Å². The van der Waals surface area contributed by atoms with E-state index in [1.807, 2.05) is 0 Å². The van der Waals surface area contributed by atoms with Crippen LogP contribution in [-0.4, -0.2) is 63.4 Å². The summed E-state index contributed by atoms with van der Waals surface area (Å²) in [5.41, 5.74) is 6.35. The highest BCUT2D eigenvalue weighted by Gasteiger charge is 2.48. The molecule has 10 nitrogen and oxygen atoms in total. The van der Waals surface area contributed by atoms with Crippen molar-refractivity contribution in [2.24, 2.45) is 5.73 Å². The fraction of sp³-hybridized carbons (Fsp3) is 0.533. The van der Waals surface area contributed by atoms with Crippen molar-refractivity contribution in [2.75, 3.05) is 6.61 Å². The van der Waals surface area contributed by atoms with Crippen molar-refractivity contribution in [3.05, 3.63) is 30.1 Å². The Hall–Kier alpha value is -2.11. The van der Waals surface area contributed by atoms with Gasteiger partial charge in [0.15, 0.2) is 24.6 Å². The summed E-state index contributed by atoms with van der Waals surface area (Å²) in [6.07, 6.45) is -3.86. The van der Waals surface area contributed by atoms with Gasteiger partial charge in [0.25, 0.3) is 6.23 Å². The topological polar surface area (TPSA) is 163 Å². The van der Waals surface area contributed by atoms with Gasteiger partial charge in [-0.25, -0.2) is 4.79 Å². The second-order valence-electron chi connectivity index (χ2n) is 5.65. The minimum atomic E-state index is -1.81. The van der Waals surface area contributed by atoms with Crippen LogP contribution in [0, 0.1) is 0 Å². The Morgan fingerprint density at radius 2 is 2.08 bits per heavy atom. The molecule has 25 heavy (non-hydrogen) atoms. The molecule has 0 aliphatic carbocycles. The fourth-order valence-corrected chi connectivity index (χ4v) is 2.44. The maximum Gasteiger partial charge on any atom is 0.335 e. The highest BCUT2D eigenvalue weighted by molar-refractivity contribution is 5.80. The lowest BCUT2D eigenvalue weighted by Crippen LogP contribution is -2.46. The number of carboxylic acid groups (broad SMARTS) is 1. The van der Waals surface area contributed by atoms with Gasteiger partial charge in [-0.15, -0.1) is 0 Å². The van der Waals surface area contributed by atoms with Crippen LogP contribution < -0.4 is 10.3 Å². The van der Waals surface area contributed by atoms with E-state index < -0.39 is 55.6 Å². The Morgan fingerprint density at radius 3 is 2.72 bits per heavy atom. The standard InChI is InChI=1S/C15H20N2O8/c16-5-8-2-1-3-17(6-8)14-13(22)12(21)10(25-14)7-24-15(23)9(18)4-11(19)20/h1-3,6,9-10,12-14,18,21-22H,4-5,7,16H2/p+1/t9-,10+,12+,13+,14+/m0/s1. The zero-order valence-electron chi connectivity index (χ0n) is 13.3. The molecule has 5 atom stereocenters. The molecule has 0 radical (unpaired) electrons. The summed E-state index contributed by atoms with van der Waals surface area (Å²) in [5.74, 6) is -2.50. The number of aliphatic hydroxyl groups excluding tert-OH is 3. The summed E-state index contributed by atoms with van der Waals surface area (Å²) in [4.78, 5) is 21.9. The molecule has 0 saturated carbocycles. The Bertz CT molecular complexity index is 625. The SMILES string of the molecule is NCc1ccc[n+]([C@@H]2O[C@H](COC(=O)[C@@H](O)CC(=O)O)[C@@H](O)[C@H]2O)c1. The summed E-state index contributed by atoms with van der Waals surface area (Å²) in [7, 11) is 0. The molecule has 0 bridgehead atoms. The zero-order chi connectivity index (χ0) is 18.6. The number of carbonyl (C=O) groups is 2.